The highest BCUT2D eigenvalue weighted by molar-refractivity contribution is 9.10. The zero-order chi connectivity index (χ0) is 20.4. The maximum Gasteiger partial charge on any atom is 0.252 e. The van der Waals surface area contributed by atoms with Gasteiger partial charge in [0.15, 0.2) is 0 Å². The van der Waals surface area contributed by atoms with Crippen LogP contribution in [0.15, 0.2) is 29.0 Å². The van der Waals surface area contributed by atoms with Gasteiger partial charge in [0.05, 0.1) is 24.6 Å². The fourth-order valence-electron chi connectivity index (χ4n) is 3.66. The lowest BCUT2D eigenvalue weighted by Gasteiger charge is -2.30. The Bertz CT molecular complexity index is 1040. The zero-order valence-corrected chi connectivity index (χ0v) is 18.1. The maximum absolute atomic E-state index is 12.7. The van der Waals surface area contributed by atoms with Gasteiger partial charge in [-0.05, 0) is 44.0 Å². The van der Waals surface area contributed by atoms with Crippen molar-refractivity contribution in [3.63, 3.8) is 0 Å². The van der Waals surface area contributed by atoms with Crippen molar-refractivity contribution in [1.29, 1.82) is 0 Å². The molecule has 0 bridgehead atoms. The minimum absolute atomic E-state index is 0.0323. The molecule has 1 aliphatic heterocycles. The SMILES string of the molecule is Cc1nc2ncnn2c(C)c1CCC(=O)Nc1cc(Br)ccc1N1CCOCC1. The molecule has 29 heavy (non-hydrogen) atoms. The Balaban J connectivity index is 1.49. The Labute approximate surface area is 177 Å². The first-order chi connectivity index (χ1) is 14.0. The number of carbonyl (C=O) groups excluding carboxylic acids is 1. The van der Waals surface area contributed by atoms with Crippen LogP contribution in [-0.4, -0.2) is 51.8 Å². The van der Waals surface area contributed by atoms with Crippen molar-refractivity contribution in [3.8, 4) is 0 Å². The summed E-state index contributed by atoms with van der Waals surface area (Å²) < 4.78 is 8.09. The fraction of sp³-hybridized carbons (Fsp3) is 0.400. The lowest BCUT2D eigenvalue weighted by Crippen LogP contribution is -2.36. The Hall–Kier alpha value is -2.52. The second-order valence-electron chi connectivity index (χ2n) is 7.04. The van der Waals surface area contributed by atoms with Crippen LogP contribution in [0.3, 0.4) is 0 Å². The van der Waals surface area contributed by atoms with E-state index in [9.17, 15) is 4.79 Å². The standard InChI is InChI=1S/C20H23BrN6O2/c1-13-16(14(2)27-20(24-13)22-12-23-27)4-6-19(28)25-17-11-15(21)3-5-18(17)26-7-9-29-10-8-26/h3,5,11-12H,4,6-10H2,1-2H3,(H,25,28). The molecule has 0 saturated carbocycles. The van der Waals surface area contributed by atoms with E-state index in [4.69, 9.17) is 4.74 Å². The third-order valence-electron chi connectivity index (χ3n) is 5.18. The van der Waals surface area contributed by atoms with Gasteiger partial charge in [-0.1, -0.05) is 15.9 Å². The smallest absolute Gasteiger partial charge is 0.252 e. The van der Waals surface area contributed by atoms with Gasteiger partial charge in [-0.15, -0.1) is 0 Å². The molecule has 1 saturated heterocycles. The van der Waals surface area contributed by atoms with Crippen LogP contribution in [0, 0.1) is 13.8 Å². The molecule has 1 aliphatic rings. The first-order valence-electron chi connectivity index (χ1n) is 9.61. The monoisotopic (exact) mass is 458 g/mol. The van der Waals surface area contributed by atoms with E-state index in [0.717, 1.165) is 45.9 Å². The lowest BCUT2D eigenvalue weighted by atomic mass is 10.1. The van der Waals surface area contributed by atoms with E-state index in [1.807, 2.05) is 32.0 Å². The molecule has 0 radical (unpaired) electrons. The number of benzene rings is 1. The summed E-state index contributed by atoms with van der Waals surface area (Å²) in [6.07, 6.45) is 2.44. The van der Waals surface area contributed by atoms with Gasteiger partial charge in [0, 0.05) is 35.4 Å². The summed E-state index contributed by atoms with van der Waals surface area (Å²) in [5.74, 6) is 0.549. The molecule has 8 nitrogen and oxygen atoms in total. The normalized spacial score (nSPS) is 14.4. The second-order valence-corrected chi connectivity index (χ2v) is 7.96. The average molecular weight is 459 g/mol. The summed E-state index contributed by atoms with van der Waals surface area (Å²) in [6, 6.07) is 5.97. The van der Waals surface area contributed by atoms with Gasteiger partial charge in [0.1, 0.15) is 6.33 Å². The first kappa shape index (κ1) is 19.8. The van der Waals surface area contributed by atoms with Crippen molar-refractivity contribution < 1.29 is 9.53 Å². The van der Waals surface area contributed by atoms with Crippen LogP contribution in [-0.2, 0) is 16.0 Å². The molecule has 1 amide bonds. The van der Waals surface area contributed by atoms with E-state index in [1.54, 1.807) is 4.52 Å². The number of nitrogens with zero attached hydrogens (tertiary/aromatic N) is 5. The van der Waals surface area contributed by atoms with E-state index in [0.29, 0.717) is 31.8 Å². The number of anilines is 2. The number of aryl methyl sites for hydroxylation is 2. The van der Waals surface area contributed by atoms with Crippen LogP contribution in [0.1, 0.15) is 23.4 Å². The molecule has 9 heteroatoms. The molecule has 3 heterocycles. The number of nitrogens with one attached hydrogen (secondary N) is 1. The molecule has 0 unspecified atom stereocenters. The minimum atomic E-state index is -0.0323. The molecule has 4 rings (SSSR count). The molecule has 2 aromatic heterocycles. The highest BCUT2D eigenvalue weighted by Crippen LogP contribution is 2.30. The summed E-state index contributed by atoms with van der Waals surface area (Å²) in [7, 11) is 0. The number of hydrogen-bond donors (Lipinski definition) is 1. The number of rotatable bonds is 5. The number of morpholine rings is 1. The van der Waals surface area contributed by atoms with Crippen LogP contribution >= 0.6 is 15.9 Å². The Morgan fingerprint density at radius 1 is 1.28 bits per heavy atom. The topological polar surface area (TPSA) is 84.6 Å². The van der Waals surface area contributed by atoms with E-state index in [2.05, 4.69) is 41.2 Å². The van der Waals surface area contributed by atoms with Crippen LogP contribution in [0.5, 0.6) is 0 Å². The molecule has 1 N–H and O–H groups in total. The van der Waals surface area contributed by atoms with Crippen LogP contribution in [0.25, 0.3) is 5.78 Å². The van der Waals surface area contributed by atoms with Gasteiger partial charge >= 0.3 is 0 Å². The minimum Gasteiger partial charge on any atom is -0.378 e. The number of hydrogen-bond acceptors (Lipinski definition) is 6. The van der Waals surface area contributed by atoms with Crippen molar-refractivity contribution in [3.05, 3.63) is 46.0 Å². The molecule has 0 atom stereocenters. The summed E-state index contributed by atoms with van der Waals surface area (Å²) in [5.41, 5.74) is 4.70. The summed E-state index contributed by atoms with van der Waals surface area (Å²) in [6.45, 7) is 6.94. The van der Waals surface area contributed by atoms with Crippen molar-refractivity contribution in [2.24, 2.45) is 0 Å². The number of aromatic nitrogens is 4. The van der Waals surface area contributed by atoms with Gasteiger partial charge in [0.25, 0.3) is 5.78 Å². The van der Waals surface area contributed by atoms with Crippen molar-refractivity contribution in [2.45, 2.75) is 26.7 Å². The van der Waals surface area contributed by atoms with E-state index in [1.165, 1.54) is 6.33 Å². The Morgan fingerprint density at radius 3 is 2.86 bits per heavy atom. The second kappa shape index (κ2) is 8.46. The van der Waals surface area contributed by atoms with E-state index < -0.39 is 0 Å². The Morgan fingerprint density at radius 2 is 2.07 bits per heavy atom. The van der Waals surface area contributed by atoms with Gasteiger partial charge in [-0.2, -0.15) is 10.1 Å². The van der Waals surface area contributed by atoms with Gasteiger partial charge in [0.2, 0.25) is 5.91 Å². The van der Waals surface area contributed by atoms with Crippen molar-refractivity contribution in [1.82, 2.24) is 19.6 Å². The van der Waals surface area contributed by atoms with Gasteiger partial charge in [-0.3, -0.25) is 4.79 Å². The third kappa shape index (κ3) is 4.25. The summed E-state index contributed by atoms with van der Waals surface area (Å²) in [4.78, 5) is 23.6. The van der Waals surface area contributed by atoms with Crippen LogP contribution in [0.4, 0.5) is 11.4 Å². The maximum atomic E-state index is 12.7. The number of carbonyl (C=O) groups is 1. The Kier molecular flexibility index (Phi) is 5.77. The lowest BCUT2D eigenvalue weighted by molar-refractivity contribution is -0.116. The predicted octanol–water partition coefficient (Wildman–Crippen LogP) is 2.91. The van der Waals surface area contributed by atoms with Crippen LogP contribution < -0.4 is 10.2 Å². The number of halogens is 1. The molecule has 0 spiro atoms. The summed E-state index contributed by atoms with van der Waals surface area (Å²) >= 11 is 3.51. The molecule has 0 aliphatic carbocycles. The third-order valence-corrected chi connectivity index (χ3v) is 5.67. The predicted molar refractivity (Wildman–Crippen MR) is 114 cm³/mol. The van der Waals surface area contributed by atoms with Crippen molar-refractivity contribution in [2.75, 3.05) is 36.5 Å². The number of amides is 1. The van der Waals surface area contributed by atoms with Crippen molar-refractivity contribution >= 4 is 39.0 Å². The highest BCUT2D eigenvalue weighted by atomic mass is 79.9. The number of fused-ring (bicyclic) bond motifs is 1. The van der Waals surface area contributed by atoms with Gasteiger partial charge < -0.3 is 15.0 Å². The first-order valence-corrected chi connectivity index (χ1v) is 10.4. The molecule has 152 valence electrons. The zero-order valence-electron chi connectivity index (χ0n) is 16.5. The molecular formula is C20H23BrN6O2. The molecule has 3 aromatic rings. The number of ether oxygens (including phenoxy) is 1. The average Bonchev–Trinajstić information content (AvgIpc) is 3.17. The van der Waals surface area contributed by atoms with E-state index >= 15 is 0 Å². The highest BCUT2D eigenvalue weighted by Gasteiger charge is 2.17. The molecular weight excluding hydrogens is 436 g/mol. The van der Waals surface area contributed by atoms with E-state index in [-0.39, 0.29) is 5.91 Å². The molecule has 1 aromatic carbocycles. The quantitative estimate of drug-likeness (QED) is 0.632. The molecule has 1 fully saturated rings. The van der Waals surface area contributed by atoms with Crippen LogP contribution in [0.2, 0.25) is 0 Å². The summed E-state index contributed by atoms with van der Waals surface area (Å²) in [5, 5.41) is 7.29. The largest absolute Gasteiger partial charge is 0.378 e. The fourth-order valence-corrected chi connectivity index (χ4v) is 4.02. The van der Waals surface area contributed by atoms with Gasteiger partial charge in [-0.25, -0.2) is 9.50 Å².